The van der Waals surface area contributed by atoms with Crippen molar-refractivity contribution in [1.82, 2.24) is 9.97 Å². The Labute approximate surface area is 75.5 Å². The Balaban J connectivity index is 3.51. The Hall–Kier alpha value is -2.38. The average molecular weight is 200 g/mol. The summed E-state index contributed by atoms with van der Waals surface area (Å²) >= 11 is 0. The van der Waals surface area contributed by atoms with E-state index in [-0.39, 0.29) is 0 Å². The van der Waals surface area contributed by atoms with Crippen LogP contribution in [0.1, 0.15) is 21.1 Å². The first-order valence-electron chi connectivity index (χ1n) is 3.23. The van der Waals surface area contributed by atoms with E-state index < -0.39 is 34.8 Å². The van der Waals surface area contributed by atoms with Crippen LogP contribution in [0.25, 0.3) is 0 Å². The molecular formula is C6H4N2O6. The first kappa shape index (κ1) is 9.71. The molecule has 1 aromatic heterocycles. The lowest BCUT2D eigenvalue weighted by Gasteiger charge is -1.98. The molecule has 1 aromatic rings. The molecule has 0 atom stereocenters. The molecular weight excluding hydrogens is 196 g/mol. The number of aromatic hydroxyl groups is 1. The van der Waals surface area contributed by atoms with Crippen molar-refractivity contribution in [3.05, 3.63) is 21.9 Å². The van der Waals surface area contributed by atoms with Gasteiger partial charge in [0.15, 0.2) is 5.69 Å². The monoisotopic (exact) mass is 200 g/mol. The predicted molar refractivity (Wildman–Crippen MR) is 40.4 cm³/mol. The second-order valence-electron chi connectivity index (χ2n) is 2.22. The van der Waals surface area contributed by atoms with Crippen LogP contribution in [0.5, 0.6) is 5.75 Å². The van der Waals surface area contributed by atoms with Crippen LogP contribution in [-0.2, 0) is 0 Å². The molecule has 0 aromatic carbocycles. The molecule has 14 heavy (non-hydrogen) atoms. The molecule has 8 heteroatoms. The van der Waals surface area contributed by atoms with Crippen LogP contribution in [0, 0.1) is 0 Å². The summed E-state index contributed by atoms with van der Waals surface area (Å²) in [5.74, 6) is -5.24. The first-order valence-corrected chi connectivity index (χ1v) is 3.23. The molecule has 0 saturated heterocycles. The summed E-state index contributed by atoms with van der Waals surface area (Å²) in [6.07, 6.45) is 0. The van der Waals surface area contributed by atoms with Crippen molar-refractivity contribution in [2.45, 2.75) is 0 Å². The number of carboxylic acid groups (broad SMARTS) is 2. The number of hydrogen-bond donors (Lipinski definition) is 4. The molecule has 1 rings (SSSR count). The number of carboxylic acids is 2. The van der Waals surface area contributed by atoms with E-state index in [0.29, 0.717) is 0 Å². The van der Waals surface area contributed by atoms with Crippen LogP contribution in [0.4, 0.5) is 0 Å². The maximum Gasteiger partial charge on any atom is 0.372 e. The molecule has 0 bridgehead atoms. The van der Waals surface area contributed by atoms with E-state index in [4.69, 9.17) is 15.3 Å². The summed E-state index contributed by atoms with van der Waals surface area (Å²) in [5.41, 5.74) is -2.21. The Kier molecular flexibility index (Phi) is 2.19. The Morgan fingerprint density at radius 2 is 1.79 bits per heavy atom. The smallest absolute Gasteiger partial charge is 0.372 e. The van der Waals surface area contributed by atoms with E-state index in [9.17, 15) is 14.4 Å². The quantitative estimate of drug-likeness (QED) is 0.473. The minimum Gasteiger partial charge on any atom is -0.501 e. The molecule has 1 heterocycles. The van der Waals surface area contributed by atoms with Gasteiger partial charge in [0, 0.05) is 0 Å². The summed E-state index contributed by atoms with van der Waals surface area (Å²) in [5, 5.41) is 25.7. The number of aromatic nitrogens is 2. The van der Waals surface area contributed by atoms with E-state index in [0.717, 1.165) is 0 Å². The van der Waals surface area contributed by atoms with Gasteiger partial charge in [-0.3, -0.25) is 9.78 Å². The van der Waals surface area contributed by atoms with Gasteiger partial charge >= 0.3 is 11.9 Å². The minimum atomic E-state index is -1.68. The molecule has 0 spiro atoms. The highest BCUT2D eigenvalue weighted by Gasteiger charge is 2.19. The molecule has 74 valence electrons. The maximum absolute atomic E-state index is 10.8. The number of carbonyl (C=O) groups is 2. The molecule has 0 aliphatic heterocycles. The molecule has 0 radical (unpaired) electrons. The summed E-state index contributed by atoms with van der Waals surface area (Å²) in [4.78, 5) is 36.2. The molecule has 0 saturated carbocycles. The number of aromatic carboxylic acids is 2. The molecule has 4 N–H and O–H groups in total. The van der Waals surface area contributed by atoms with Crippen molar-refractivity contribution in [3.63, 3.8) is 0 Å². The number of H-pyrrole nitrogens is 1. The lowest BCUT2D eigenvalue weighted by Crippen LogP contribution is -2.19. The van der Waals surface area contributed by atoms with Crippen molar-refractivity contribution >= 4 is 11.9 Å². The zero-order valence-corrected chi connectivity index (χ0v) is 6.51. The molecule has 0 aliphatic rings. The van der Waals surface area contributed by atoms with E-state index in [1.165, 1.54) is 0 Å². The Morgan fingerprint density at radius 1 is 1.21 bits per heavy atom. The second-order valence-corrected chi connectivity index (χ2v) is 2.22. The summed E-state index contributed by atoms with van der Waals surface area (Å²) in [6, 6.07) is 0. The van der Waals surface area contributed by atoms with E-state index in [1.54, 1.807) is 4.98 Å². The van der Waals surface area contributed by atoms with Crippen molar-refractivity contribution < 1.29 is 24.9 Å². The second kappa shape index (κ2) is 3.17. The van der Waals surface area contributed by atoms with Crippen LogP contribution in [0.3, 0.4) is 0 Å². The fraction of sp³-hybridized carbons (Fsp3) is 0. The fourth-order valence-corrected chi connectivity index (χ4v) is 0.717. The van der Waals surface area contributed by atoms with Crippen molar-refractivity contribution in [2.24, 2.45) is 0 Å². The Bertz CT molecular complexity index is 462. The molecule has 0 amide bonds. The number of nitrogens with one attached hydrogen (secondary N) is 1. The average Bonchev–Trinajstić information content (AvgIpc) is 2.08. The number of nitrogens with zero attached hydrogens (tertiary/aromatic N) is 1. The minimum absolute atomic E-state index is 0.842. The maximum atomic E-state index is 10.8. The summed E-state index contributed by atoms with van der Waals surface area (Å²) in [7, 11) is 0. The normalized spacial score (nSPS) is 9.71. The van der Waals surface area contributed by atoms with E-state index in [1.807, 2.05) is 0 Å². The van der Waals surface area contributed by atoms with Crippen molar-refractivity contribution in [3.8, 4) is 5.75 Å². The largest absolute Gasteiger partial charge is 0.501 e. The number of rotatable bonds is 2. The van der Waals surface area contributed by atoms with Crippen molar-refractivity contribution in [2.75, 3.05) is 0 Å². The van der Waals surface area contributed by atoms with Crippen LogP contribution >= 0.6 is 0 Å². The highest BCUT2D eigenvalue weighted by molar-refractivity contribution is 5.90. The molecule has 8 nitrogen and oxygen atoms in total. The number of hydrogen-bond acceptors (Lipinski definition) is 5. The third-order valence-corrected chi connectivity index (χ3v) is 1.30. The molecule has 0 fully saturated rings. The van der Waals surface area contributed by atoms with Gasteiger partial charge in [0.2, 0.25) is 11.6 Å². The zero-order chi connectivity index (χ0) is 10.9. The number of aromatic amines is 1. The summed E-state index contributed by atoms with van der Waals surface area (Å²) < 4.78 is 0. The standard InChI is InChI=1S/C6H4N2O6/c9-2-1(5(11)12)7-3(6(13)14)8-4(2)10/h9H,(H,11,12)(H,13,14)(H,7,8,10). The van der Waals surface area contributed by atoms with Gasteiger partial charge in [-0.15, -0.1) is 0 Å². The highest BCUT2D eigenvalue weighted by atomic mass is 16.4. The molecule has 0 aliphatic carbocycles. The molecule has 0 unspecified atom stereocenters. The van der Waals surface area contributed by atoms with Gasteiger partial charge < -0.3 is 15.3 Å². The van der Waals surface area contributed by atoms with Crippen LogP contribution in [0.15, 0.2) is 4.79 Å². The van der Waals surface area contributed by atoms with Gasteiger partial charge in [-0.25, -0.2) is 14.6 Å². The van der Waals surface area contributed by atoms with Gasteiger partial charge in [0.05, 0.1) is 0 Å². The predicted octanol–water partition coefficient (Wildman–Crippen LogP) is -1.13. The van der Waals surface area contributed by atoms with E-state index >= 15 is 0 Å². The fourth-order valence-electron chi connectivity index (χ4n) is 0.717. The van der Waals surface area contributed by atoms with Gasteiger partial charge in [-0.1, -0.05) is 0 Å². The highest BCUT2D eigenvalue weighted by Crippen LogP contribution is 2.06. The van der Waals surface area contributed by atoms with Gasteiger partial charge in [0.1, 0.15) is 0 Å². The third-order valence-electron chi connectivity index (χ3n) is 1.30. The lowest BCUT2D eigenvalue weighted by atomic mass is 10.3. The van der Waals surface area contributed by atoms with Gasteiger partial charge in [0.25, 0.3) is 5.56 Å². The first-order chi connectivity index (χ1) is 6.43. The zero-order valence-electron chi connectivity index (χ0n) is 6.51. The third kappa shape index (κ3) is 1.53. The lowest BCUT2D eigenvalue weighted by molar-refractivity contribution is 0.0676. The van der Waals surface area contributed by atoms with E-state index in [2.05, 4.69) is 4.98 Å². The topological polar surface area (TPSA) is 141 Å². The van der Waals surface area contributed by atoms with Crippen LogP contribution in [-0.4, -0.2) is 37.2 Å². The van der Waals surface area contributed by atoms with Gasteiger partial charge in [-0.2, -0.15) is 0 Å². The van der Waals surface area contributed by atoms with Crippen molar-refractivity contribution in [1.29, 1.82) is 0 Å². The SMILES string of the molecule is O=C(O)c1nc(C(=O)O)c(O)c(=O)[nH]1. The summed E-state index contributed by atoms with van der Waals surface area (Å²) in [6.45, 7) is 0. The van der Waals surface area contributed by atoms with Gasteiger partial charge in [-0.05, 0) is 0 Å². The van der Waals surface area contributed by atoms with Crippen LogP contribution < -0.4 is 5.56 Å². The van der Waals surface area contributed by atoms with Crippen LogP contribution in [0.2, 0.25) is 0 Å². The Morgan fingerprint density at radius 3 is 2.21 bits per heavy atom.